The molecule has 0 aromatic rings. The van der Waals surface area contributed by atoms with Crippen molar-refractivity contribution in [1.29, 1.82) is 0 Å². The van der Waals surface area contributed by atoms with Crippen molar-refractivity contribution >= 4 is 0 Å². The summed E-state index contributed by atoms with van der Waals surface area (Å²) >= 11 is 0. The fourth-order valence-electron chi connectivity index (χ4n) is 1.12. The number of rotatable bonds is 1. The molecule has 1 saturated heterocycles. The number of halogens is 1. The Morgan fingerprint density at radius 3 is 2.70 bits per heavy atom. The minimum Gasteiger partial charge on any atom is -0.396 e. The van der Waals surface area contributed by atoms with Gasteiger partial charge in [0.05, 0.1) is 6.10 Å². The molecule has 0 bridgehead atoms. The van der Waals surface area contributed by atoms with Crippen molar-refractivity contribution in [3.05, 3.63) is 0 Å². The van der Waals surface area contributed by atoms with E-state index >= 15 is 0 Å². The van der Waals surface area contributed by atoms with Gasteiger partial charge in [-0.2, -0.15) is 0 Å². The Labute approximate surface area is 58.9 Å². The third-order valence-corrected chi connectivity index (χ3v) is 1.81. The molecule has 3 atom stereocenters. The molecule has 0 aromatic heterocycles. The van der Waals surface area contributed by atoms with Gasteiger partial charge in [0.25, 0.3) is 0 Å². The van der Waals surface area contributed by atoms with Crippen LogP contribution < -0.4 is 5.32 Å². The van der Waals surface area contributed by atoms with Crippen LogP contribution in [0.4, 0.5) is 4.39 Å². The van der Waals surface area contributed by atoms with Crippen LogP contribution in [-0.2, 0) is 0 Å². The van der Waals surface area contributed by atoms with E-state index in [1.165, 1.54) is 0 Å². The van der Waals surface area contributed by atoms with E-state index in [-0.39, 0.29) is 13.2 Å². The van der Waals surface area contributed by atoms with Crippen LogP contribution in [-0.4, -0.2) is 42.2 Å². The zero-order valence-electron chi connectivity index (χ0n) is 5.63. The Morgan fingerprint density at radius 1 is 1.50 bits per heavy atom. The van der Waals surface area contributed by atoms with Gasteiger partial charge < -0.3 is 15.5 Å². The van der Waals surface area contributed by atoms with Crippen molar-refractivity contribution in [2.45, 2.75) is 12.3 Å². The number of β-amino-alcohol motifs (C(OH)–C–C–N with tert-alkyl or cyclic N) is 1. The highest BCUT2D eigenvalue weighted by molar-refractivity contribution is 4.83. The lowest BCUT2D eigenvalue weighted by Crippen LogP contribution is -2.49. The van der Waals surface area contributed by atoms with Crippen molar-refractivity contribution in [1.82, 2.24) is 5.32 Å². The highest BCUT2D eigenvalue weighted by atomic mass is 19.1. The van der Waals surface area contributed by atoms with Crippen LogP contribution in [0.1, 0.15) is 0 Å². The second-order valence-electron chi connectivity index (χ2n) is 2.61. The average molecular weight is 149 g/mol. The van der Waals surface area contributed by atoms with Gasteiger partial charge in [0.2, 0.25) is 0 Å². The summed E-state index contributed by atoms with van der Waals surface area (Å²) in [5.41, 5.74) is 0. The summed E-state index contributed by atoms with van der Waals surface area (Å²) in [6.07, 6.45) is -2.22. The van der Waals surface area contributed by atoms with Gasteiger partial charge in [0.1, 0.15) is 6.17 Å². The van der Waals surface area contributed by atoms with E-state index in [4.69, 9.17) is 10.2 Å². The molecule has 1 aliphatic heterocycles. The van der Waals surface area contributed by atoms with E-state index in [9.17, 15) is 4.39 Å². The van der Waals surface area contributed by atoms with Crippen molar-refractivity contribution in [2.75, 3.05) is 19.7 Å². The van der Waals surface area contributed by atoms with Gasteiger partial charge >= 0.3 is 0 Å². The number of hydrogen-bond donors (Lipinski definition) is 3. The summed E-state index contributed by atoms with van der Waals surface area (Å²) in [5, 5.41) is 20.3. The van der Waals surface area contributed by atoms with Gasteiger partial charge in [0.15, 0.2) is 0 Å². The van der Waals surface area contributed by atoms with E-state index in [1.807, 2.05) is 0 Å². The van der Waals surface area contributed by atoms with Crippen LogP contribution in [0.15, 0.2) is 0 Å². The minimum absolute atomic E-state index is 0.203. The molecule has 10 heavy (non-hydrogen) atoms. The van der Waals surface area contributed by atoms with E-state index in [1.54, 1.807) is 0 Å². The van der Waals surface area contributed by atoms with Gasteiger partial charge in [0, 0.05) is 25.6 Å². The maximum atomic E-state index is 12.8. The lowest BCUT2D eigenvalue weighted by Gasteiger charge is -2.29. The van der Waals surface area contributed by atoms with Gasteiger partial charge in [-0.3, -0.25) is 0 Å². The molecule has 0 amide bonds. The summed E-state index contributed by atoms with van der Waals surface area (Å²) < 4.78 is 12.8. The molecule has 0 radical (unpaired) electrons. The van der Waals surface area contributed by atoms with Gasteiger partial charge in [-0.1, -0.05) is 0 Å². The zero-order chi connectivity index (χ0) is 7.56. The van der Waals surface area contributed by atoms with Crippen LogP contribution >= 0.6 is 0 Å². The van der Waals surface area contributed by atoms with Crippen molar-refractivity contribution in [2.24, 2.45) is 5.92 Å². The highest BCUT2D eigenvalue weighted by Gasteiger charge is 2.31. The number of aliphatic hydroxyl groups excluding tert-OH is 2. The van der Waals surface area contributed by atoms with E-state index < -0.39 is 18.2 Å². The summed E-state index contributed by atoms with van der Waals surface area (Å²) in [4.78, 5) is 0. The largest absolute Gasteiger partial charge is 0.396 e. The topological polar surface area (TPSA) is 52.5 Å². The normalized spacial score (nSPS) is 41.7. The first kappa shape index (κ1) is 7.91. The third-order valence-electron chi connectivity index (χ3n) is 1.81. The number of aliphatic hydroxyl groups is 2. The SMILES string of the molecule is OC[C@H]1CNC[C@@H](O)[C@@H]1F. The first-order valence-corrected chi connectivity index (χ1v) is 3.39. The molecule has 1 heterocycles. The van der Waals surface area contributed by atoms with Crippen molar-refractivity contribution < 1.29 is 14.6 Å². The van der Waals surface area contributed by atoms with Gasteiger partial charge in [-0.05, 0) is 0 Å². The molecular formula is C6H12FNO2. The van der Waals surface area contributed by atoms with E-state index in [2.05, 4.69) is 5.32 Å². The molecule has 0 unspecified atom stereocenters. The molecule has 0 saturated carbocycles. The lowest BCUT2D eigenvalue weighted by atomic mass is 9.96. The molecule has 3 N–H and O–H groups in total. The Morgan fingerprint density at radius 2 is 2.20 bits per heavy atom. The smallest absolute Gasteiger partial charge is 0.133 e. The molecule has 1 aliphatic rings. The molecule has 60 valence electrons. The fourth-order valence-corrected chi connectivity index (χ4v) is 1.12. The molecule has 4 heteroatoms. The lowest BCUT2D eigenvalue weighted by molar-refractivity contribution is 0.000116. The van der Waals surface area contributed by atoms with E-state index in [0.717, 1.165) is 0 Å². The summed E-state index contributed by atoms with van der Waals surface area (Å²) in [6, 6.07) is 0. The first-order valence-electron chi connectivity index (χ1n) is 3.39. The number of piperidine rings is 1. The van der Waals surface area contributed by atoms with Crippen LogP contribution in [0.3, 0.4) is 0 Å². The van der Waals surface area contributed by atoms with Crippen LogP contribution in [0, 0.1) is 5.92 Å². The predicted octanol–water partition coefficient (Wildman–Crippen LogP) is -1.10. The maximum Gasteiger partial charge on any atom is 0.133 e. The molecule has 0 aromatic carbocycles. The van der Waals surface area contributed by atoms with Crippen molar-refractivity contribution in [3.63, 3.8) is 0 Å². The van der Waals surface area contributed by atoms with Crippen molar-refractivity contribution in [3.8, 4) is 0 Å². The summed E-state index contributed by atoms with van der Waals surface area (Å²) in [6.45, 7) is 0.539. The second kappa shape index (κ2) is 3.27. The predicted molar refractivity (Wildman–Crippen MR) is 34.3 cm³/mol. The first-order chi connectivity index (χ1) is 4.75. The van der Waals surface area contributed by atoms with Gasteiger partial charge in [-0.15, -0.1) is 0 Å². The molecule has 1 fully saturated rings. The Hall–Kier alpha value is -0.190. The van der Waals surface area contributed by atoms with Crippen LogP contribution in [0.5, 0.6) is 0 Å². The zero-order valence-corrected chi connectivity index (χ0v) is 5.63. The second-order valence-corrected chi connectivity index (χ2v) is 2.61. The molecule has 3 nitrogen and oxygen atoms in total. The molecule has 0 spiro atoms. The average Bonchev–Trinajstić information content (AvgIpc) is 1.95. The molecular weight excluding hydrogens is 137 g/mol. The number of nitrogens with one attached hydrogen (secondary N) is 1. The van der Waals surface area contributed by atoms with Crippen LogP contribution in [0.25, 0.3) is 0 Å². The Balaban J connectivity index is 2.42. The summed E-state index contributed by atoms with van der Waals surface area (Å²) in [7, 11) is 0. The molecule has 0 aliphatic carbocycles. The monoisotopic (exact) mass is 149 g/mol. The number of alkyl halides is 1. The minimum atomic E-state index is -1.27. The van der Waals surface area contributed by atoms with E-state index in [0.29, 0.717) is 6.54 Å². The number of hydrogen-bond acceptors (Lipinski definition) is 3. The quantitative estimate of drug-likeness (QED) is 0.443. The summed E-state index contributed by atoms with van der Waals surface area (Å²) in [5.74, 6) is -0.441. The Kier molecular flexibility index (Phi) is 2.59. The van der Waals surface area contributed by atoms with Crippen LogP contribution in [0.2, 0.25) is 0 Å². The highest BCUT2D eigenvalue weighted by Crippen LogP contribution is 2.14. The third kappa shape index (κ3) is 1.45. The standard InChI is InChI=1S/C6H12FNO2/c7-6-4(3-9)1-8-2-5(6)10/h4-6,8-10H,1-3H2/t4-,5-,6-/m1/s1. The van der Waals surface area contributed by atoms with Gasteiger partial charge in [-0.25, -0.2) is 4.39 Å². The Bertz CT molecular complexity index is 112. The fraction of sp³-hybridized carbons (Fsp3) is 1.00. The maximum absolute atomic E-state index is 12.8. The molecule has 1 rings (SSSR count).